The number of hydrogen-bond acceptors (Lipinski definition) is 5. The molecule has 2 N–H and O–H groups in total. The molecule has 0 bridgehead atoms. The van der Waals surface area contributed by atoms with Gasteiger partial charge in [0.15, 0.2) is 5.78 Å². The lowest BCUT2D eigenvalue weighted by atomic mass is 9.92. The molecular formula is C25H33N3O5. The van der Waals surface area contributed by atoms with Gasteiger partial charge in [-0.25, -0.2) is 0 Å². The van der Waals surface area contributed by atoms with Crippen molar-refractivity contribution in [3.8, 4) is 0 Å². The predicted octanol–water partition coefficient (Wildman–Crippen LogP) is 2.63. The number of imide groups is 1. The van der Waals surface area contributed by atoms with Crippen LogP contribution in [0.4, 0.5) is 5.69 Å². The molecule has 8 nitrogen and oxygen atoms in total. The monoisotopic (exact) mass is 455 g/mol. The van der Waals surface area contributed by atoms with Gasteiger partial charge >= 0.3 is 0 Å². The standard InChI is InChI=1S/C25H33N3O5/c1-5-18-8-10-19(11-9-18)26-25(33)17(4)15-20(29)24(16(2)3)27-21(30)7-6-14-28-22(31)12-13-23(28)32/h8-13,16-17,24H,5-7,14-15H2,1-4H3,(H,26,33)(H,27,30)/t17-,24+/m1/s1. The van der Waals surface area contributed by atoms with Crippen molar-refractivity contribution in [2.45, 2.75) is 59.4 Å². The predicted molar refractivity (Wildman–Crippen MR) is 125 cm³/mol. The molecule has 178 valence electrons. The minimum atomic E-state index is -0.715. The van der Waals surface area contributed by atoms with Crippen LogP contribution in [0.5, 0.6) is 0 Å². The minimum Gasteiger partial charge on any atom is -0.346 e. The molecule has 2 rings (SSSR count). The van der Waals surface area contributed by atoms with Crippen molar-refractivity contribution in [1.29, 1.82) is 0 Å². The number of amides is 4. The van der Waals surface area contributed by atoms with Gasteiger partial charge in [-0.1, -0.05) is 39.8 Å². The largest absolute Gasteiger partial charge is 0.346 e. The molecule has 1 aliphatic rings. The molecule has 0 saturated heterocycles. The highest BCUT2D eigenvalue weighted by Gasteiger charge is 2.28. The van der Waals surface area contributed by atoms with Crippen LogP contribution in [0.15, 0.2) is 36.4 Å². The number of benzene rings is 1. The van der Waals surface area contributed by atoms with Crippen LogP contribution in [0.25, 0.3) is 0 Å². The molecule has 0 aromatic heterocycles. The van der Waals surface area contributed by atoms with Gasteiger partial charge in [0.05, 0.1) is 6.04 Å². The summed E-state index contributed by atoms with van der Waals surface area (Å²) in [4.78, 5) is 61.9. The van der Waals surface area contributed by atoms with Crippen LogP contribution < -0.4 is 10.6 Å². The number of carbonyl (C=O) groups is 5. The lowest BCUT2D eigenvalue weighted by molar-refractivity contribution is -0.137. The SMILES string of the molecule is CCc1ccc(NC(=O)[C@H](C)CC(=O)[C@@H](NC(=O)CCCN2C(=O)C=CC2=O)C(C)C)cc1. The first-order valence-corrected chi connectivity index (χ1v) is 11.4. The van der Waals surface area contributed by atoms with Crippen molar-refractivity contribution < 1.29 is 24.0 Å². The van der Waals surface area contributed by atoms with Crippen molar-refractivity contribution in [2.75, 3.05) is 11.9 Å². The first-order valence-electron chi connectivity index (χ1n) is 11.4. The molecule has 0 fully saturated rings. The van der Waals surface area contributed by atoms with E-state index in [1.165, 1.54) is 17.7 Å². The highest BCUT2D eigenvalue weighted by atomic mass is 16.2. The van der Waals surface area contributed by atoms with E-state index in [0.717, 1.165) is 11.3 Å². The molecule has 0 radical (unpaired) electrons. The lowest BCUT2D eigenvalue weighted by Crippen LogP contribution is -2.45. The number of anilines is 1. The van der Waals surface area contributed by atoms with Gasteiger partial charge in [-0.05, 0) is 36.5 Å². The number of carbonyl (C=O) groups excluding carboxylic acids is 5. The third-order valence-electron chi connectivity index (χ3n) is 5.60. The molecule has 1 heterocycles. The number of ketones is 1. The van der Waals surface area contributed by atoms with E-state index in [4.69, 9.17) is 0 Å². The Labute approximate surface area is 194 Å². The molecule has 0 unspecified atom stereocenters. The summed E-state index contributed by atoms with van der Waals surface area (Å²) in [5.74, 6) is -2.27. The molecule has 4 amide bonds. The van der Waals surface area contributed by atoms with Crippen molar-refractivity contribution >= 4 is 35.1 Å². The van der Waals surface area contributed by atoms with Crippen LogP contribution in [0.3, 0.4) is 0 Å². The number of rotatable bonds is 12. The topological polar surface area (TPSA) is 113 Å². The Bertz CT molecular complexity index is 902. The highest BCUT2D eigenvalue weighted by molar-refractivity contribution is 6.12. The van der Waals surface area contributed by atoms with Crippen molar-refractivity contribution in [3.63, 3.8) is 0 Å². The number of aryl methyl sites for hydroxylation is 1. The molecule has 1 aromatic rings. The summed E-state index contributed by atoms with van der Waals surface area (Å²) in [5.41, 5.74) is 1.84. The summed E-state index contributed by atoms with van der Waals surface area (Å²) >= 11 is 0. The zero-order chi connectivity index (χ0) is 24.5. The second kappa shape index (κ2) is 12.1. The van der Waals surface area contributed by atoms with Crippen LogP contribution in [0.2, 0.25) is 0 Å². The molecule has 8 heteroatoms. The molecule has 1 aliphatic heterocycles. The van der Waals surface area contributed by atoms with Gasteiger partial charge in [0.2, 0.25) is 11.8 Å². The first kappa shape index (κ1) is 26.0. The van der Waals surface area contributed by atoms with E-state index in [1.54, 1.807) is 6.92 Å². The maximum Gasteiger partial charge on any atom is 0.253 e. The van der Waals surface area contributed by atoms with Crippen LogP contribution in [0, 0.1) is 11.8 Å². The summed E-state index contributed by atoms with van der Waals surface area (Å²) < 4.78 is 0. The second-order valence-corrected chi connectivity index (χ2v) is 8.67. The van der Waals surface area contributed by atoms with Gasteiger partial charge in [-0.15, -0.1) is 0 Å². The van der Waals surface area contributed by atoms with Gasteiger partial charge in [0.25, 0.3) is 11.8 Å². The Morgan fingerprint density at radius 2 is 1.58 bits per heavy atom. The number of nitrogens with zero attached hydrogens (tertiary/aromatic N) is 1. The highest BCUT2D eigenvalue weighted by Crippen LogP contribution is 2.15. The summed E-state index contributed by atoms with van der Waals surface area (Å²) in [6.45, 7) is 7.55. The fraction of sp³-hybridized carbons (Fsp3) is 0.480. The van der Waals surface area contributed by atoms with Crippen LogP contribution >= 0.6 is 0 Å². The number of Topliss-reactive ketones (excluding diaryl/α,β-unsaturated/α-hetero) is 1. The van der Waals surface area contributed by atoms with E-state index in [0.29, 0.717) is 12.1 Å². The van der Waals surface area contributed by atoms with Gasteiger partial charge in [-0.2, -0.15) is 0 Å². The van der Waals surface area contributed by atoms with Crippen molar-refractivity contribution in [1.82, 2.24) is 10.2 Å². The van der Waals surface area contributed by atoms with Gasteiger partial charge in [-0.3, -0.25) is 28.9 Å². The van der Waals surface area contributed by atoms with Gasteiger partial charge < -0.3 is 10.6 Å². The summed E-state index contributed by atoms with van der Waals surface area (Å²) in [5, 5.41) is 5.57. The van der Waals surface area contributed by atoms with Gasteiger partial charge in [0, 0.05) is 43.1 Å². The molecular weight excluding hydrogens is 422 g/mol. The summed E-state index contributed by atoms with van der Waals surface area (Å²) in [7, 11) is 0. The smallest absolute Gasteiger partial charge is 0.253 e. The zero-order valence-corrected chi connectivity index (χ0v) is 19.7. The second-order valence-electron chi connectivity index (χ2n) is 8.67. The maximum atomic E-state index is 12.8. The fourth-order valence-electron chi connectivity index (χ4n) is 3.52. The average molecular weight is 456 g/mol. The minimum absolute atomic E-state index is 0.00442. The quantitative estimate of drug-likeness (QED) is 0.471. The van der Waals surface area contributed by atoms with Crippen molar-refractivity contribution in [2.24, 2.45) is 11.8 Å². The summed E-state index contributed by atoms with van der Waals surface area (Å²) in [6, 6.07) is 6.85. The van der Waals surface area contributed by atoms with Crippen LogP contribution in [0.1, 0.15) is 52.5 Å². The third-order valence-corrected chi connectivity index (χ3v) is 5.60. The molecule has 0 saturated carbocycles. The molecule has 2 atom stereocenters. The Morgan fingerprint density at radius 3 is 2.12 bits per heavy atom. The van der Waals surface area contributed by atoms with E-state index in [1.807, 2.05) is 38.1 Å². The molecule has 1 aromatic carbocycles. The number of nitrogens with one attached hydrogen (secondary N) is 2. The van der Waals surface area contributed by atoms with E-state index >= 15 is 0 Å². The van der Waals surface area contributed by atoms with E-state index in [-0.39, 0.29) is 54.7 Å². The Balaban J connectivity index is 1.83. The van der Waals surface area contributed by atoms with E-state index < -0.39 is 12.0 Å². The Hall–Kier alpha value is -3.29. The number of hydrogen-bond donors (Lipinski definition) is 2. The van der Waals surface area contributed by atoms with Gasteiger partial charge in [0.1, 0.15) is 0 Å². The van der Waals surface area contributed by atoms with Crippen LogP contribution in [-0.4, -0.2) is 46.9 Å². The maximum absolute atomic E-state index is 12.8. The lowest BCUT2D eigenvalue weighted by Gasteiger charge is -2.23. The van der Waals surface area contributed by atoms with E-state index in [9.17, 15) is 24.0 Å². The first-order chi connectivity index (χ1) is 15.6. The normalized spacial score (nSPS) is 15.0. The van der Waals surface area contributed by atoms with Crippen LogP contribution in [-0.2, 0) is 30.4 Å². The van der Waals surface area contributed by atoms with E-state index in [2.05, 4.69) is 17.6 Å². The Morgan fingerprint density at radius 1 is 0.970 bits per heavy atom. The fourth-order valence-corrected chi connectivity index (χ4v) is 3.52. The molecule has 33 heavy (non-hydrogen) atoms. The van der Waals surface area contributed by atoms with Crippen molar-refractivity contribution in [3.05, 3.63) is 42.0 Å². The molecule has 0 spiro atoms. The zero-order valence-electron chi connectivity index (χ0n) is 19.7. The Kier molecular flexibility index (Phi) is 9.51. The summed E-state index contributed by atoms with van der Waals surface area (Å²) in [6.07, 6.45) is 3.70. The molecule has 0 aliphatic carbocycles. The third kappa shape index (κ3) is 7.66. The average Bonchev–Trinajstić information content (AvgIpc) is 3.09.